The third-order valence-electron chi connectivity index (χ3n) is 3.61. The van der Waals surface area contributed by atoms with Crippen LogP contribution in [-0.2, 0) is 13.0 Å². The average molecular weight is 336 g/mol. The minimum absolute atomic E-state index is 0.489. The quantitative estimate of drug-likeness (QED) is 0.654. The molecule has 25 heavy (non-hydrogen) atoms. The maximum Gasteiger partial charge on any atom is 0.244 e. The number of hydrogen-bond acceptors (Lipinski definition) is 7. The van der Waals surface area contributed by atoms with E-state index in [9.17, 15) is 0 Å². The lowest BCUT2D eigenvalue weighted by molar-refractivity contribution is 0.414. The molecule has 7 heteroatoms. The molecule has 0 aliphatic rings. The Morgan fingerprint density at radius 3 is 2.76 bits per heavy atom. The van der Waals surface area contributed by atoms with Crippen LogP contribution < -0.4 is 15.4 Å². The number of anilines is 2. The van der Waals surface area contributed by atoms with Gasteiger partial charge in [-0.2, -0.15) is 10.1 Å². The molecule has 0 unspecified atom stereocenters. The van der Waals surface area contributed by atoms with Crippen LogP contribution in [0.25, 0.3) is 0 Å². The summed E-state index contributed by atoms with van der Waals surface area (Å²) in [4.78, 5) is 8.41. The van der Waals surface area contributed by atoms with Gasteiger partial charge in [0.1, 0.15) is 5.75 Å². The molecule has 2 heterocycles. The van der Waals surface area contributed by atoms with Crippen LogP contribution >= 0.6 is 0 Å². The van der Waals surface area contributed by atoms with Crippen molar-refractivity contribution in [2.24, 2.45) is 0 Å². The largest absolute Gasteiger partial charge is 0.497 e. The molecular formula is C18H20N6O. The number of methoxy groups -OCH3 is 1. The smallest absolute Gasteiger partial charge is 0.244 e. The van der Waals surface area contributed by atoms with E-state index in [1.54, 1.807) is 25.7 Å². The van der Waals surface area contributed by atoms with E-state index in [1.807, 2.05) is 30.3 Å². The van der Waals surface area contributed by atoms with Crippen molar-refractivity contribution in [3.05, 3.63) is 66.1 Å². The maximum atomic E-state index is 5.24. The Bertz CT molecular complexity index is 796. The predicted molar refractivity (Wildman–Crippen MR) is 96.6 cm³/mol. The molecule has 0 fully saturated rings. The van der Waals surface area contributed by atoms with Gasteiger partial charge in [0, 0.05) is 25.5 Å². The molecule has 3 rings (SSSR count). The van der Waals surface area contributed by atoms with E-state index < -0.39 is 0 Å². The van der Waals surface area contributed by atoms with E-state index in [1.165, 1.54) is 5.56 Å². The minimum atomic E-state index is 0.489. The van der Waals surface area contributed by atoms with Crippen molar-refractivity contribution >= 4 is 11.8 Å². The topological polar surface area (TPSA) is 84.9 Å². The zero-order valence-corrected chi connectivity index (χ0v) is 14.0. The Morgan fingerprint density at radius 2 is 1.92 bits per heavy atom. The van der Waals surface area contributed by atoms with E-state index in [-0.39, 0.29) is 0 Å². The molecule has 3 aromatic rings. The Balaban J connectivity index is 1.51. The molecular weight excluding hydrogens is 316 g/mol. The summed E-state index contributed by atoms with van der Waals surface area (Å²) < 4.78 is 5.24. The van der Waals surface area contributed by atoms with Crippen molar-refractivity contribution < 1.29 is 4.74 Å². The SMILES string of the molecule is COc1cccc(CCNc2cnnc(NCc3ccncc3)n2)c1. The summed E-state index contributed by atoms with van der Waals surface area (Å²) in [6.45, 7) is 1.37. The molecule has 128 valence electrons. The zero-order chi connectivity index (χ0) is 17.3. The van der Waals surface area contributed by atoms with Crippen LogP contribution in [0, 0.1) is 0 Å². The third-order valence-corrected chi connectivity index (χ3v) is 3.61. The summed E-state index contributed by atoms with van der Waals surface area (Å²) in [5.41, 5.74) is 2.31. The fourth-order valence-corrected chi connectivity index (χ4v) is 2.31. The van der Waals surface area contributed by atoms with Crippen LogP contribution in [0.1, 0.15) is 11.1 Å². The second kappa shape index (κ2) is 8.58. The van der Waals surface area contributed by atoms with Gasteiger partial charge in [-0.05, 0) is 41.8 Å². The summed E-state index contributed by atoms with van der Waals surface area (Å²) in [7, 11) is 1.67. The minimum Gasteiger partial charge on any atom is -0.497 e. The maximum absolute atomic E-state index is 5.24. The number of aromatic nitrogens is 4. The summed E-state index contributed by atoms with van der Waals surface area (Å²) in [5.74, 6) is 2.04. The Kier molecular flexibility index (Phi) is 5.71. The van der Waals surface area contributed by atoms with Crippen molar-refractivity contribution in [2.45, 2.75) is 13.0 Å². The van der Waals surface area contributed by atoms with Gasteiger partial charge < -0.3 is 15.4 Å². The first-order chi connectivity index (χ1) is 12.3. The number of rotatable bonds is 8. The molecule has 2 N–H and O–H groups in total. The highest BCUT2D eigenvalue weighted by molar-refractivity contribution is 5.38. The zero-order valence-electron chi connectivity index (χ0n) is 14.0. The van der Waals surface area contributed by atoms with E-state index >= 15 is 0 Å². The van der Waals surface area contributed by atoms with Gasteiger partial charge in [0.05, 0.1) is 13.3 Å². The van der Waals surface area contributed by atoms with Crippen LogP contribution in [0.2, 0.25) is 0 Å². The van der Waals surface area contributed by atoms with Crippen molar-refractivity contribution in [1.82, 2.24) is 20.2 Å². The highest BCUT2D eigenvalue weighted by Gasteiger charge is 2.01. The number of pyridine rings is 1. The lowest BCUT2D eigenvalue weighted by Crippen LogP contribution is -2.10. The van der Waals surface area contributed by atoms with Crippen LogP contribution in [0.4, 0.5) is 11.8 Å². The molecule has 2 aromatic heterocycles. The monoisotopic (exact) mass is 336 g/mol. The highest BCUT2D eigenvalue weighted by Crippen LogP contribution is 2.13. The van der Waals surface area contributed by atoms with Crippen molar-refractivity contribution in [1.29, 1.82) is 0 Å². The lowest BCUT2D eigenvalue weighted by Gasteiger charge is -2.08. The Morgan fingerprint density at radius 1 is 1.04 bits per heavy atom. The summed E-state index contributed by atoms with van der Waals surface area (Å²) in [5, 5.41) is 14.4. The van der Waals surface area contributed by atoms with Gasteiger partial charge in [-0.15, -0.1) is 5.10 Å². The average Bonchev–Trinajstić information content (AvgIpc) is 2.68. The normalized spacial score (nSPS) is 10.3. The van der Waals surface area contributed by atoms with Gasteiger partial charge in [-0.3, -0.25) is 4.98 Å². The van der Waals surface area contributed by atoms with Crippen molar-refractivity contribution in [3.8, 4) is 5.75 Å². The van der Waals surface area contributed by atoms with E-state index in [0.717, 1.165) is 24.3 Å². The first-order valence-electron chi connectivity index (χ1n) is 8.03. The van der Waals surface area contributed by atoms with Crippen LogP contribution in [0.5, 0.6) is 5.75 Å². The second-order valence-corrected chi connectivity index (χ2v) is 5.40. The molecule has 0 spiro atoms. The summed E-state index contributed by atoms with van der Waals surface area (Å²) >= 11 is 0. The number of nitrogens with one attached hydrogen (secondary N) is 2. The molecule has 0 atom stereocenters. The number of ether oxygens (including phenoxy) is 1. The van der Waals surface area contributed by atoms with Crippen LogP contribution in [0.15, 0.2) is 55.0 Å². The molecule has 7 nitrogen and oxygen atoms in total. The third kappa shape index (κ3) is 5.13. The molecule has 0 bridgehead atoms. The Hall–Kier alpha value is -3.22. The standard InChI is InChI=1S/C18H20N6O/c1-25-16-4-2-3-14(11-16)7-10-20-17-13-22-24-18(23-17)21-12-15-5-8-19-9-6-15/h2-6,8-9,11,13H,7,10,12H2,1H3,(H2,20,21,23,24). The van der Waals surface area contributed by atoms with Crippen LogP contribution in [0.3, 0.4) is 0 Å². The van der Waals surface area contributed by atoms with Gasteiger partial charge >= 0.3 is 0 Å². The molecule has 0 aliphatic carbocycles. The molecule has 0 saturated heterocycles. The van der Waals surface area contributed by atoms with Crippen LogP contribution in [-0.4, -0.2) is 33.8 Å². The van der Waals surface area contributed by atoms with Gasteiger partial charge in [-0.1, -0.05) is 12.1 Å². The van der Waals surface area contributed by atoms with Crippen molar-refractivity contribution in [2.75, 3.05) is 24.3 Å². The van der Waals surface area contributed by atoms with E-state index in [4.69, 9.17) is 4.74 Å². The number of hydrogen-bond donors (Lipinski definition) is 2. The summed E-state index contributed by atoms with van der Waals surface area (Å²) in [6, 6.07) is 11.9. The molecule has 0 radical (unpaired) electrons. The lowest BCUT2D eigenvalue weighted by atomic mass is 10.1. The number of nitrogens with zero attached hydrogens (tertiary/aromatic N) is 4. The summed E-state index contributed by atoms with van der Waals surface area (Å²) in [6.07, 6.45) is 5.99. The number of benzene rings is 1. The highest BCUT2D eigenvalue weighted by atomic mass is 16.5. The van der Waals surface area contributed by atoms with Gasteiger partial charge in [-0.25, -0.2) is 0 Å². The first-order valence-corrected chi connectivity index (χ1v) is 8.03. The van der Waals surface area contributed by atoms with Gasteiger partial charge in [0.25, 0.3) is 0 Å². The predicted octanol–water partition coefficient (Wildman–Crippen LogP) is 2.54. The molecule has 1 aromatic carbocycles. The fraction of sp³-hybridized carbons (Fsp3) is 0.222. The van der Waals surface area contributed by atoms with E-state index in [2.05, 4.69) is 36.9 Å². The fourth-order valence-electron chi connectivity index (χ4n) is 2.31. The van der Waals surface area contributed by atoms with Gasteiger partial charge in [0.2, 0.25) is 5.95 Å². The van der Waals surface area contributed by atoms with Gasteiger partial charge in [0.15, 0.2) is 5.82 Å². The van der Waals surface area contributed by atoms with E-state index in [0.29, 0.717) is 18.3 Å². The molecule has 0 aliphatic heterocycles. The second-order valence-electron chi connectivity index (χ2n) is 5.40. The first kappa shape index (κ1) is 16.6. The van der Waals surface area contributed by atoms with Crippen molar-refractivity contribution in [3.63, 3.8) is 0 Å². The molecule has 0 saturated carbocycles. The molecule has 0 amide bonds. The Labute approximate surface area is 146 Å².